The van der Waals surface area contributed by atoms with Crippen LogP contribution < -0.4 is 4.74 Å². The fourth-order valence-electron chi connectivity index (χ4n) is 1.61. The lowest BCUT2D eigenvalue weighted by Crippen LogP contribution is -2.51. The number of Topliss-reactive ketones (excluding diaryl/α,β-unsaturated/α-hetero) is 1. The molecule has 2 atom stereocenters. The van der Waals surface area contributed by atoms with E-state index >= 15 is 0 Å². The fraction of sp³-hybridized carbons (Fsp3) is 0.364. The van der Waals surface area contributed by atoms with E-state index in [1.54, 1.807) is 0 Å². The summed E-state index contributed by atoms with van der Waals surface area (Å²) < 4.78 is 24.3. The van der Waals surface area contributed by atoms with Gasteiger partial charge in [-0.05, 0) is 22.0 Å². The minimum absolute atomic E-state index is 0.0111. The van der Waals surface area contributed by atoms with E-state index in [0.29, 0.717) is 10.2 Å². The van der Waals surface area contributed by atoms with Crippen LogP contribution in [0.2, 0.25) is 5.02 Å². The highest BCUT2D eigenvalue weighted by molar-refractivity contribution is 9.10. The standard InChI is InChI=1S/C11H9BrClFO3/c1-16-11-8(15)4-10(11)17-9-3-7(14)6(13)2-5(9)12/h2-3,10-11H,4H2,1H3. The Morgan fingerprint density at radius 3 is 2.82 bits per heavy atom. The average Bonchev–Trinajstić information content (AvgIpc) is 2.25. The number of halogens is 3. The molecule has 2 rings (SSSR count). The molecular weight excluding hydrogens is 314 g/mol. The molecule has 1 aromatic rings. The Balaban J connectivity index is 2.14. The molecule has 6 heteroatoms. The third-order valence-corrected chi connectivity index (χ3v) is 3.47. The Bertz CT molecular complexity index is 466. The molecule has 1 fully saturated rings. The SMILES string of the molecule is COC1C(=O)CC1Oc1cc(F)c(Cl)cc1Br. The number of methoxy groups -OCH3 is 1. The van der Waals surface area contributed by atoms with E-state index < -0.39 is 11.9 Å². The first-order chi connectivity index (χ1) is 8.02. The molecule has 0 bridgehead atoms. The monoisotopic (exact) mass is 322 g/mol. The summed E-state index contributed by atoms with van der Waals surface area (Å²) in [6.07, 6.45) is -0.667. The molecule has 3 nitrogen and oxygen atoms in total. The molecule has 92 valence electrons. The predicted molar refractivity (Wildman–Crippen MR) is 63.9 cm³/mol. The van der Waals surface area contributed by atoms with E-state index in [2.05, 4.69) is 15.9 Å². The molecule has 0 aliphatic heterocycles. The highest BCUT2D eigenvalue weighted by atomic mass is 79.9. The van der Waals surface area contributed by atoms with Crippen molar-refractivity contribution in [1.29, 1.82) is 0 Å². The van der Waals surface area contributed by atoms with Gasteiger partial charge in [-0.1, -0.05) is 11.6 Å². The Kier molecular flexibility index (Phi) is 3.70. The zero-order valence-electron chi connectivity index (χ0n) is 8.88. The number of carbonyl (C=O) groups excluding carboxylic acids is 1. The van der Waals surface area contributed by atoms with Gasteiger partial charge >= 0.3 is 0 Å². The van der Waals surface area contributed by atoms with E-state index in [1.807, 2.05) is 0 Å². The summed E-state index contributed by atoms with van der Waals surface area (Å²) in [5, 5.41) is 0.0113. The Morgan fingerprint density at radius 2 is 2.24 bits per heavy atom. The molecule has 1 saturated carbocycles. The molecule has 17 heavy (non-hydrogen) atoms. The molecule has 0 N–H and O–H groups in total. The summed E-state index contributed by atoms with van der Waals surface area (Å²) in [6.45, 7) is 0. The molecule has 0 spiro atoms. The minimum atomic E-state index is -0.569. The molecule has 0 radical (unpaired) electrons. The van der Waals surface area contributed by atoms with Crippen LogP contribution >= 0.6 is 27.5 Å². The molecule has 0 saturated heterocycles. The van der Waals surface area contributed by atoms with Crippen molar-refractivity contribution in [3.8, 4) is 5.75 Å². The molecular formula is C11H9BrClFO3. The van der Waals surface area contributed by atoms with Gasteiger partial charge in [0.1, 0.15) is 17.7 Å². The molecule has 0 amide bonds. The van der Waals surface area contributed by atoms with Gasteiger partial charge in [0.05, 0.1) is 9.50 Å². The van der Waals surface area contributed by atoms with Gasteiger partial charge in [-0.3, -0.25) is 4.79 Å². The topological polar surface area (TPSA) is 35.5 Å². The molecule has 0 aromatic heterocycles. The fourth-order valence-corrected chi connectivity index (χ4v) is 2.35. The highest BCUT2D eigenvalue weighted by Gasteiger charge is 2.42. The zero-order chi connectivity index (χ0) is 12.6. The van der Waals surface area contributed by atoms with Crippen LogP contribution in [0.5, 0.6) is 5.75 Å². The van der Waals surface area contributed by atoms with Crippen molar-refractivity contribution >= 4 is 33.3 Å². The van der Waals surface area contributed by atoms with Crippen molar-refractivity contribution in [2.24, 2.45) is 0 Å². The average molecular weight is 324 g/mol. The third-order valence-electron chi connectivity index (χ3n) is 2.56. The van der Waals surface area contributed by atoms with Crippen molar-refractivity contribution in [2.75, 3.05) is 7.11 Å². The van der Waals surface area contributed by atoms with Crippen LogP contribution in [0.3, 0.4) is 0 Å². The maximum atomic E-state index is 13.3. The van der Waals surface area contributed by atoms with E-state index in [4.69, 9.17) is 21.1 Å². The second-order valence-corrected chi connectivity index (χ2v) is 4.94. The van der Waals surface area contributed by atoms with E-state index in [-0.39, 0.29) is 23.3 Å². The Morgan fingerprint density at radius 1 is 1.53 bits per heavy atom. The van der Waals surface area contributed by atoms with Crippen molar-refractivity contribution in [1.82, 2.24) is 0 Å². The van der Waals surface area contributed by atoms with Crippen LogP contribution in [0.15, 0.2) is 16.6 Å². The van der Waals surface area contributed by atoms with Crippen LogP contribution in [0.1, 0.15) is 6.42 Å². The zero-order valence-corrected chi connectivity index (χ0v) is 11.2. The maximum absolute atomic E-state index is 13.3. The summed E-state index contributed by atoms with van der Waals surface area (Å²) in [6, 6.07) is 2.59. The lowest BCUT2D eigenvalue weighted by atomic mass is 9.90. The Labute approximate surface area is 111 Å². The second kappa shape index (κ2) is 4.92. The number of ether oxygens (including phenoxy) is 2. The number of hydrogen-bond donors (Lipinski definition) is 0. The smallest absolute Gasteiger partial charge is 0.169 e. The summed E-state index contributed by atoms with van der Waals surface area (Å²) >= 11 is 8.83. The lowest BCUT2D eigenvalue weighted by Gasteiger charge is -2.33. The summed E-state index contributed by atoms with van der Waals surface area (Å²) in [5.41, 5.74) is 0. The number of ketones is 1. The van der Waals surface area contributed by atoms with Crippen molar-refractivity contribution in [3.63, 3.8) is 0 Å². The van der Waals surface area contributed by atoms with Gasteiger partial charge in [-0.2, -0.15) is 0 Å². The second-order valence-electron chi connectivity index (χ2n) is 3.68. The molecule has 2 unspecified atom stereocenters. The van der Waals surface area contributed by atoms with Gasteiger partial charge in [0.2, 0.25) is 0 Å². The minimum Gasteiger partial charge on any atom is -0.485 e. The van der Waals surface area contributed by atoms with Crippen LogP contribution in [-0.4, -0.2) is 25.1 Å². The van der Waals surface area contributed by atoms with E-state index in [1.165, 1.54) is 19.2 Å². The molecule has 0 heterocycles. The first-order valence-electron chi connectivity index (χ1n) is 4.89. The van der Waals surface area contributed by atoms with Gasteiger partial charge in [-0.15, -0.1) is 0 Å². The van der Waals surface area contributed by atoms with Crippen LogP contribution in [-0.2, 0) is 9.53 Å². The van der Waals surface area contributed by atoms with Gasteiger partial charge in [0.25, 0.3) is 0 Å². The van der Waals surface area contributed by atoms with E-state index in [9.17, 15) is 9.18 Å². The summed E-state index contributed by atoms with van der Waals surface area (Å²) in [5.74, 6) is -0.265. The van der Waals surface area contributed by atoms with Crippen LogP contribution in [0.25, 0.3) is 0 Å². The van der Waals surface area contributed by atoms with Crippen LogP contribution in [0.4, 0.5) is 4.39 Å². The number of rotatable bonds is 3. The Hall–Kier alpha value is -0.650. The number of benzene rings is 1. The number of carbonyl (C=O) groups is 1. The van der Waals surface area contributed by atoms with Crippen LogP contribution in [0, 0.1) is 5.82 Å². The normalized spacial score (nSPS) is 23.4. The van der Waals surface area contributed by atoms with Crippen molar-refractivity contribution in [3.05, 3.63) is 27.4 Å². The van der Waals surface area contributed by atoms with Crippen molar-refractivity contribution < 1.29 is 18.7 Å². The largest absolute Gasteiger partial charge is 0.485 e. The van der Waals surface area contributed by atoms with Gasteiger partial charge < -0.3 is 9.47 Å². The quantitative estimate of drug-likeness (QED) is 0.802. The lowest BCUT2D eigenvalue weighted by molar-refractivity contribution is -0.151. The molecule has 1 aliphatic rings. The highest BCUT2D eigenvalue weighted by Crippen LogP contribution is 2.34. The first kappa shape index (κ1) is 12.8. The predicted octanol–water partition coefficient (Wildman–Crippen LogP) is 2.98. The van der Waals surface area contributed by atoms with Crippen molar-refractivity contribution in [2.45, 2.75) is 18.6 Å². The van der Waals surface area contributed by atoms with Gasteiger partial charge in [0.15, 0.2) is 11.9 Å². The first-order valence-corrected chi connectivity index (χ1v) is 6.06. The number of hydrogen-bond acceptors (Lipinski definition) is 3. The molecule has 1 aromatic carbocycles. The van der Waals surface area contributed by atoms with E-state index in [0.717, 1.165) is 0 Å². The summed E-state index contributed by atoms with van der Waals surface area (Å²) in [7, 11) is 1.44. The van der Waals surface area contributed by atoms with Gasteiger partial charge in [0, 0.05) is 19.6 Å². The van der Waals surface area contributed by atoms with Gasteiger partial charge in [-0.25, -0.2) is 4.39 Å². The molecule has 1 aliphatic carbocycles. The third kappa shape index (κ3) is 2.46. The maximum Gasteiger partial charge on any atom is 0.169 e. The summed E-state index contributed by atoms with van der Waals surface area (Å²) in [4.78, 5) is 11.2.